The molecule has 2 rings (SSSR count). The van der Waals surface area contributed by atoms with Crippen LogP contribution in [0.1, 0.15) is 20.3 Å². The summed E-state index contributed by atoms with van der Waals surface area (Å²) in [5.74, 6) is 0.470. The minimum Gasteiger partial charge on any atom is -0.372 e. The molecule has 8 heteroatoms. The van der Waals surface area contributed by atoms with Crippen LogP contribution in [0.4, 0.5) is 11.4 Å². The quantitative estimate of drug-likeness (QED) is 0.198. The Balaban J connectivity index is 0.00000420. The van der Waals surface area contributed by atoms with Gasteiger partial charge >= 0.3 is 0 Å². The van der Waals surface area contributed by atoms with Crippen molar-refractivity contribution in [3.8, 4) is 0 Å². The second kappa shape index (κ2) is 14.6. The molecule has 7 nitrogen and oxygen atoms in total. The van der Waals surface area contributed by atoms with E-state index in [0.29, 0.717) is 11.6 Å². The third kappa shape index (κ3) is 9.60. The van der Waals surface area contributed by atoms with E-state index in [4.69, 9.17) is 0 Å². The molecule has 0 aliphatic heterocycles. The minimum absolute atomic E-state index is 0. The zero-order chi connectivity index (χ0) is 20.0. The monoisotopic (exact) mass is 510 g/mol. The molecule has 0 radical (unpaired) electrons. The highest BCUT2D eigenvalue weighted by Crippen LogP contribution is 2.12. The van der Waals surface area contributed by atoms with Gasteiger partial charge in [-0.05, 0) is 44.5 Å². The third-order valence-electron chi connectivity index (χ3n) is 4.07. The molecule has 1 aromatic heterocycles. The van der Waals surface area contributed by atoms with Gasteiger partial charge in [0.1, 0.15) is 6.54 Å². The number of nitrogens with zero attached hydrogens (tertiary/aromatic N) is 3. The van der Waals surface area contributed by atoms with Crippen LogP contribution in [-0.2, 0) is 4.79 Å². The van der Waals surface area contributed by atoms with Crippen molar-refractivity contribution in [3.05, 3.63) is 54.9 Å². The van der Waals surface area contributed by atoms with E-state index in [1.54, 1.807) is 24.5 Å². The largest absolute Gasteiger partial charge is 0.372 e. The van der Waals surface area contributed by atoms with E-state index in [9.17, 15) is 4.79 Å². The Morgan fingerprint density at radius 1 is 1.10 bits per heavy atom. The molecule has 2 aromatic rings. The van der Waals surface area contributed by atoms with Gasteiger partial charge in [-0.15, -0.1) is 24.0 Å². The summed E-state index contributed by atoms with van der Waals surface area (Å²) in [5.41, 5.74) is 1.90. The maximum Gasteiger partial charge on any atom is 0.246 e. The van der Waals surface area contributed by atoms with Gasteiger partial charge in [0.25, 0.3) is 0 Å². The first-order valence-corrected chi connectivity index (χ1v) is 9.75. The summed E-state index contributed by atoms with van der Waals surface area (Å²) in [4.78, 5) is 22.7. The molecule has 1 heterocycles. The zero-order valence-electron chi connectivity index (χ0n) is 17.1. The summed E-state index contributed by atoms with van der Waals surface area (Å²) in [6.45, 7) is 7.64. The van der Waals surface area contributed by atoms with Crippen LogP contribution in [0.25, 0.3) is 0 Å². The van der Waals surface area contributed by atoms with Crippen molar-refractivity contribution in [1.29, 1.82) is 0 Å². The van der Waals surface area contributed by atoms with Crippen LogP contribution < -0.4 is 20.9 Å². The Labute approximate surface area is 190 Å². The number of anilines is 2. The van der Waals surface area contributed by atoms with Gasteiger partial charge in [-0.1, -0.05) is 18.2 Å². The number of para-hydroxylation sites is 1. The molecular formula is C21H31IN6O. The zero-order valence-corrected chi connectivity index (χ0v) is 19.4. The minimum atomic E-state index is -0.175. The molecule has 0 fully saturated rings. The summed E-state index contributed by atoms with van der Waals surface area (Å²) < 4.78 is 0. The summed E-state index contributed by atoms with van der Waals surface area (Å²) in [6, 6.07) is 14.0. The number of hydrogen-bond donors (Lipinski definition) is 3. The van der Waals surface area contributed by atoms with Gasteiger partial charge in [-0.25, -0.2) is 4.99 Å². The number of nitrogens with one attached hydrogen (secondary N) is 3. The number of hydrogen-bond acceptors (Lipinski definition) is 4. The van der Waals surface area contributed by atoms with Crippen molar-refractivity contribution in [1.82, 2.24) is 15.6 Å². The Morgan fingerprint density at radius 3 is 2.55 bits per heavy atom. The number of pyridine rings is 1. The maximum atomic E-state index is 12.0. The highest BCUT2D eigenvalue weighted by atomic mass is 127. The first-order valence-electron chi connectivity index (χ1n) is 9.75. The lowest BCUT2D eigenvalue weighted by Gasteiger charge is -2.23. The number of aliphatic imine (C=N–C) groups is 1. The number of guanidine groups is 1. The summed E-state index contributed by atoms with van der Waals surface area (Å²) in [5, 5.41) is 9.24. The SMILES string of the molecule is CCNC(=NCC(=O)Nc1cccnc1)NCCCN(CC)c1ccccc1.I. The fourth-order valence-electron chi connectivity index (χ4n) is 2.72. The van der Waals surface area contributed by atoms with Crippen LogP contribution >= 0.6 is 24.0 Å². The standard InChI is InChI=1S/C21H30N6O.HI/c1-3-23-21(25-17-20(28)26-18-10-8-13-22-16-18)24-14-9-15-27(4-2)19-11-6-5-7-12-19;/h5-8,10-13,16H,3-4,9,14-15,17H2,1-2H3,(H,26,28)(H2,23,24,25);1H. The topological polar surface area (TPSA) is 81.6 Å². The molecule has 0 unspecified atom stereocenters. The lowest BCUT2D eigenvalue weighted by atomic mass is 10.2. The molecule has 0 saturated carbocycles. The molecule has 0 atom stereocenters. The first kappa shape index (κ1) is 24.7. The predicted molar refractivity (Wildman–Crippen MR) is 131 cm³/mol. The highest BCUT2D eigenvalue weighted by molar-refractivity contribution is 14.0. The number of carbonyl (C=O) groups excluding carboxylic acids is 1. The fraction of sp³-hybridized carbons (Fsp3) is 0.381. The maximum absolute atomic E-state index is 12.0. The fourth-order valence-corrected chi connectivity index (χ4v) is 2.72. The average Bonchev–Trinajstić information content (AvgIpc) is 2.73. The second-order valence-corrected chi connectivity index (χ2v) is 6.18. The number of amides is 1. The van der Waals surface area contributed by atoms with E-state index < -0.39 is 0 Å². The Hall–Kier alpha value is -2.36. The van der Waals surface area contributed by atoms with Crippen LogP contribution in [-0.4, -0.2) is 49.6 Å². The molecular weight excluding hydrogens is 479 g/mol. The number of halogens is 1. The van der Waals surface area contributed by atoms with Crippen molar-refractivity contribution >= 4 is 47.2 Å². The van der Waals surface area contributed by atoms with Crippen LogP contribution in [0.15, 0.2) is 59.9 Å². The first-order chi connectivity index (χ1) is 13.7. The number of rotatable bonds is 10. The van der Waals surface area contributed by atoms with Gasteiger partial charge in [-0.2, -0.15) is 0 Å². The molecule has 0 saturated heterocycles. The lowest BCUT2D eigenvalue weighted by molar-refractivity contribution is -0.114. The molecule has 0 bridgehead atoms. The normalized spacial score (nSPS) is 10.6. The van der Waals surface area contributed by atoms with Gasteiger partial charge in [0.05, 0.1) is 11.9 Å². The molecule has 1 amide bonds. The predicted octanol–water partition coefficient (Wildman–Crippen LogP) is 3.11. The molecule has 1 aromatic carbocycles. The van der Waals surface area contributed by atoms with Crippen molar-refractivity contribution in [2.75, 3.05) is 42.9 Å². The van der Waals surface area contributed by atoms with E-state index in [2.05, 4.69) is 62.0 Å². The highest BCUT2D eigenvalue weighted by Gasteiger charge is 2.05. The van der Waals surface area contributed by atoms with Crippen molar-refractivity contribution in [3.63, 3.8) is 0 Å². The smallest absolute Gasteiger partial charge is 0.246 e. The van der Waals surface area contributed by atoms with Gasteiger partial charge in [-0.3, -0.25) is 9.78 Å². The molecule has 158 valence electrons. The van der Waals surface area contributed by atoms with Crippen LogP contribution in [0, 0.1) is 0 Å². The van der Waals surface area contributed by atoms with Gasteiger partial charge in [0.2, 0.25) is 5.91 Å². The Morgan fingerprint density at radius 2 is 1.90 bits per heavy atom. The summed E-state index contributed by atoms with van der Waals surface area (Å²) >= 11 is 0. The van der Waals surface area contributed by atoms with E-state index >= 15 is 0 Å². The van der Waals surface area contributed by atoms with Crippen LogP contribution in [0.2, 0.25) is 0 Å². The summed E-state index contributed by atoms with van der Waals surface area (Å²) in [7, 11) is 0. The van der Waals surface area contributed by atoms with E-state index in [1.807, 2.05) is 13.0 Å². The van der Waals surface area contributed by atoms with Crippen molar-refractivity contribution < 1.29 is 4.79 Å². The number of carbonyl (C=O) groups is 1. The van der Waals surface area contributed by atoms with E-state index in [1.165, 1.54) is 5.69 Å². The molecule has 0 aliphatic rings. The number of aromatic nitrogens is 1. The lowest BCUT2D eigenvalue weighted by Crippen LogP contribution is -2.39. The molecule has 0 spiro atoms. The molecule has 29 heavy (non-hydrogen) atoms. The van der Waals surface area contributed by atoms with E-state index in [-0.39, 0.29) is 36.4 Å². The van der Waals surface area contributed by atoms with E-state index in [0.717, 1.165) is 32.6 Å². The van der Waals surface area contributed by atoms with Crippen LogP contribution in [0.3, 0.4) is 0 Å². The van der Waals surface area contributed by atoms with Crippen molar-refractivity contribution in [2.24, 2.45) is 4.99 Å². The molecule has 0 aliphatic carbocycles. The van der Waals surface area contributed by atoms with Gasteiger partial charge in [0, 0.05) is 38.1 Å². The molecule has 3 N–H and O–H groups in total. The average molecular weight is 510 g/mol. The third-order valence-corrected chi connectivity index (χ3v) is 4.07. The summed E-state index contributed by atoms with van der Waals surface area (Å²) in [6.07, 6.45) is 4.24. The Kier molecular flexibility index (Phi) is 12.4. The van der Waals surface area contributed by atoms with Gasteiger partial charge < -0.3 is 20.9 Å². The van der Waals surface area contributed by atoms with Crippen molar-refractivity contribution in [2.45, 2.75) is 20.3 Å². The number of benzene rings is 1. The van der Waals surface area contributed by atoms with Gasteiger partial charge in [0.15, 0.2) is 5.96 Å². The Bertz CT molecular complexity index is 726. The van der Waals surface area contributed by atoms with Crippen LogP contribution in [0.5, 0.6) is 0 Å². The second-order valence-electron chi connectivity index (χ2n) is 6.18.